The van der Waals surface area contributed by atoms with E-state index in [-0.39, 0.29) is 12.5 Å². The zero-order valence-corrected chi connectivity index (χ0v) is 16.2. The third kappa shape index (κ3) is 2.93. The number of nitrogens with zero attached hydrogens (tertiary/aromatic N) is 3. The Kier molecular flexibility index (Phi) is 4.99. The Morgan fingerprint density at radius 3 is 2.61 bits per heavy atom. The minimum absolute atomic E-state index is 0.0210. The molecule has 1 unspecified atom stereocenters. The number of rotatable bonds is 4. The molecule has 0 bridgehead atoms. The van der Waals surface area contributed by atoms with Gasteiger partial charge in [-0.2, -0.15) is 5.10 Å². The third-order valence-corrected chi connectivity index (χ3v) is 5.85. The summed E-state index contributed by atoms with van der Waals surface area (Å²) in [5.41, 5.74) is 0.751. The molecule has 0 radical (unpaired) electrons. The highest BCUT2D eigenvalue weighted by atomic mass is 16.5. The molecule has 1 atom stereocenters. The Bertz CT molecular complexity index is 846. The van der Waals surface area contributed by atoms with Gasteiger partial charge in [-0.3, -0.25) is 9.48 Å². The maximum absolute atomic E-state index is 13.7. The summed E-state index contributed by atoms with van der Waals surface area (Å²) in [5, 5.41) is 18.6. The molecule has 1 amide bonds. The highest BCUT2D eigenvalue weighted by molar-refractivity contribution is 5.85. The highest BCUT2D eigenvalue weighted by Crippen LogP contribution is 2.41. The highest BCUT2D eigenvalue weighted by Gasteiger charge is 2.46. The van der Waals surface area contributed by atoms with Crippen LogP contribution in [0.15, 0.2) is 30.6 Å². The van der Waals surface area contributed by atoms with Gasteiger partial charge in [0, 0.05) is 30.1 Å². The minimum atomic E-state index is -0.839. The zero-order chi connectivity index (χ0) is 19.7. The van der Waals surface area contributed by atoms with E-state index in [1.54, 1.807) is 36.1 Å². The number of aliphatic hydroxyl groups excluding tert-OH is 1. The third-order valence-electron chi connectivity index (χ3n) is 5.85. The standard InChI is InChI=1S/C20H26N4O4/c1-27-16-4-5-17(28-2)18-14(16)12-23(13-15(18)25)19(26)20(6-9-21-10-7-20)24-11-3-8-22-24/h3-5,8,11,15,21,25H,6-7,9-10,12-13H2,1-2H3. The fourth-order valence-electron chi connectivity index (χ4n) is 4.43. The molecule has 4 rings (SSSR count). The lowest BCUT2D eigenvalue weighted by Gasteiger charge is -2.42. The van der Waals surface area contributed by atoms with Gasteiger partial charge < -0.3 is 24.8 Å². The van der Waals surface area contributed by atoms with Crippen molar-refractivity contribution in [3.8, 4) is 11.5 Å². The summed E-state index contributed by atoms with van der Waals surface area (Å²) in [7, 11) is 3.17. The number of hydrogen-bond acceptors (Lipinski definition) is 6. The van der Waals surface area contributed by atoms with Crippen molar-refractivity contribution in [3.63, 3.8) is 0 Å². The molecule has 2 N–H and O–H groups in total. The van der Waals surface area contributed by atoms with Crippen molar-refractivity contribution in [2.24, 2.45) is 0 Å². The van der Waals surface area contributed by atoms with E-state index < -0.39 is 11.6 Å². The molecule has 0 spiro atoms. The van der Waals surface area contributed by atoms with Crippen molar-refractivity contribution in [3.05, 3.63) is 41.7 Å². The normalized spacial score (nSPS) is 21.1. The number of amides is 1. The van der Waals surface area contributed by atoms with Crippen LogP contribution in [-0.4, -0.2) is 59.5 Å². The summed E-state index contributed by atoms with van der Waals surface area (Å²) in [6, 6.07) is 5.44. The van der Waals surface area contributed by atoms with Crippen molar-refractivity contribution < 1.29 is 19.4 Å². The van der Waals surface area contributed by atoms with Gasteiger partial charge in [-0.05, 0) is 44.1 Å². The Hall–Kier alpha value is -2.58. The lowest BCUT2D eigenvalue weighted by Crippen LogP contribution is -2.56. The van der Waals surface area contributed by atoms with E-state index in [4.69, 9.17) is 9.47 Å². The van der Waals surface area contributed by atoms with Crippen molar-refractivity contribution in [1.82, 2.24) is 20.0 Å². The van der Waals surface area contributed by atoms with Gasteiger partial charge in [-0.15, -0.1) is 0 Å². The maximum Gasteiger partial charge on any atom is 0.251 e. The number of carbonyl (C=O) groups is 1. The number of carbonyl (C=O) groups excluding carboxylic acids is 1. The molecule has 2 aliphatic rings. The summed E-state index contributed by atoms with van der Waals surface area (Å²) in [6.07, 6.45) is 4.02. The van der Waals surface area contributed by atoms with Gasteiger partial charge in [-0.25, -0.2) is 0 Å². The molecule has 2 aliphatic heterocycles. The van der Waals surface area contributed by atoms with Crippen LogP contribution in [0.1, 0.15) is 30.1 Å². The van der Waals surface area contributed by atoms with Crippen LogP contribution in [-0.2, 0) is 16.9 Å². The Morgan fingerprint density at radius 1 is 1.25 bits per heavy atom. The number of hydrogen-bond donors (Lipinski definition) is 2. The summed E-state index contributed by atoms with van der Waals surface area (Å²) in [4.78, 5) is 15.5. The second kappa shape index (κ2) is 7.44. The Balaban J connectivity index is 1.72. The predicted molar refractivity (Wildman–Crippen MR) is 102 cm³/mol. The molecule has 1 fully saturated rings. The van der Waals surface area contributed by atoms with Crippen LogP contribution in [0.3, 0.4) is 0 Å². The number of fused-ring (bicyclic) bond motifs is 1. The fourth-order valence-corrected chi connectivity index (χ4v) is 4.43. The number of benzene rings is 1. The maximum atomic E-state index is 13.7. The number of β-amino-alcohol motifs (C(OH)–C–C–N with tert-alkyl or cyclic N) is 1. The molecule has 28 heavy (non-hydrogen) atoms. The Labute approximate surface area is 164 Å². The molecule has 2 aromatic rings. The summed E-state index contributed by atoms with van der Waals surface area (Å²) in [5.74, 6) is 1.23. The number of aromatic nitrogens is 2. The average molecular weight is 386 g/mol. The van der Waals surface area contributed by atoms with Gasteiger partial charge in [-0.1, -0.05) is 0 Å². The van der Waals surface area contributed by atoms with E-state index in [0.717, 1.165) is 18.7 Å². The first kappa shape index (κ1) is 18.8. The second-order valence-electron chi connectivity index (χ2n) is 7.30. The van der Waals surface area contributed by atoms with Gasteiger partial charge in [0.2, 0.25) is 0 Å². The molecule has 8 nitrogen and oxygen atoms in total. The molecule has 150 valence electrons. The first-order chi connectivity index (χ1) is 13.6. The predicted octanol–water partition coefficient (Wildman–Crippen LogP) is 1.05. The van der Waals surface area contributed by atoms with Gasteiger partial charge >= 0.3 is 0 Å². The summed E-state index contributed by atoms with van der Waals surface area (Å²) < 4.78 is 12.7. The molecular formula is C20H26N4O4. The molecule has 0 aliphatic carbocycles. The van der Waals surface area contributed by atoms with Crippen molar-refractivity contribution in [2.45, 2.75) is 31.0 Å². The zero-order valence-electron chi connectivity index (χ0n) is 16.2. The van der Waals surface area contributed by atoms with Gasteiger partial charge in [0.15, 0.2) is 0 Å². The number of ether oxygens (including phenoxy) is 2. The molecule has 1 saturated heterocycles. The molecule has 1 aromatic carbocycles. The second-order valence-corrected chi connectivity index (χ2v) is 7.30. The van der Waals surface area contributed by atoms with Gasteiger partial charge in [0.1, 0.15) is 23.1 Å². The van der Waals surface area contributed by atoms with Gasteiger partial charge in [0.05, 0.1) is 20.8 Å². The molecule has 1 aromatic heterocycles. The minimum Gasteiger partial charge on any atom is -0.496 e. The lowest BCUT2D eigenvalue weighted by atomic mass is 9.85. The Morgan fingerprint density at radius 2 is 1.96 bits per heavy atom. The number of piperidine rings is 1. The summed E-state index contributed by atoms with van der Waals surface area (Å²) in [6.45, 7) is 2.07. The van der Waals surface area contributed by atoms with Crippen LogP contribution >= 0.6 is 0 Å². The average Bonchev–Trinajstić information content (AvgIpc) is 3.28. The number of methoxy groups -OCH3 is 2. The van der Waals surface area contributed by atoms with Crippen LogP contribution in [0.25, 0.3) is 0 Å². The molecule has 8 heteroatoms. The van der Waals surface area contributed by atoms with E-state index in [9.17, 15) is 9.90 Å². The quantitative estimate of drug-likeness (QED) is 0.817. The van der Waals surface area contributed by atoms with Crippen molar-refractivity contribution >= 4 is 5.91 Å². The summed E-state index contributed by atoms with van der Waals surface area (Å²) >= 11 is 0. The largest absolute Gasteiger partial charge is 0.496 e. The van der Waals surface area contributed by atoms with Crippen LogP contribution in [0.2, 0.25) is 0 Å². The van der Waals surface area contributed by atoms with Crippen LogP contribution in [0.4, 0.5) is 0 Å². The smallest absolute Gasteiger partial charge is 0.251 e. The van der Waals surface area contributed by atoms with Crippen LogP contribution < -0.4 is 14.8 Å². The molecular weight excluding hydrogens is 360 g/mol. The van der Waals surface area contributed by atoms with Crippen molar-refractivity contribution in [2.75, 3.05) is 33.9 Å². The fraction of sp³-hybridized carbons (Fsp3) is 0.500. The van der Waals surface area contributed by atoms with Crippen LogP contribution in [0, 0.1) is 0 Å². The van der Waals surface area contributed by atoms with E-state index in [1.807, 2.05) is 18.3 Å². The van der Waals surface area contributed by atoms with E-state index >= 15 is 0 Å². The first-order valence-corrected chi connectivity index (χ1v) is 9.53. The van der Waals surface area contributed by atoms with E-state index in [0.29, 0.717) is 36.4 Å². The first-order valence-electron chi connectivity index (χ1n) is 9.53. The van der Waals surface area contributed by atoms with Crippen LogP contribution in [0.5, 0.6) is 11.5 Å². The van der Waals surface area contributed by atoms with E-state index in [2.05, 4.69) is 10.4 Å². The number of aliphatic hydroxyl groups is 1. The topological polar surface area (TPSA) is 88.9 Å². The molecule has 3 heterocycles. The lowest BCUT2D eigenvalue weighted by molar-refractivity contribution is -0.146. The SMILES string of the molecule is COc1ccc(OC)c2c1CN(C(=O)C1(n3cccn3)CCNCC1)CC2O. The van der Waals surface area contributed by atoms with E-state index in [1.165, 1.54) is 0 Å². The van der Waals surface area contributed by atoms with Gasteiger partial charge in [0.25, 0.3) is 5.91 Å². The van der Waals surface area contributed by atoms with Crippen molar-refractivity contribution in [1.29, 1.82) is 0 Å². The number of nitrogens with one attached hydrogen (secondary N) is 1. The monoisotopic (exact) mass is 386 g/mol. The molecule has 0 saturated carbocycles.